The summed E-state index contributed by atoms with van der Waals surface area (Å²) in [5.41, 5.74) is 9.84. The molecule has 2 rings (SSSR count). The largest absolute Gasteiger partial charge is 0.507 e. The number of benzene rings is 1. The lowest BCUT2D eigenvalue weighted by Crippen LogP contribution is -1.92. The SMILES string of the molecule is Cc1cc(C)c(-c2cnoc2N)c(O)c1C. The number of aromatic nitrogens is 1. The molecule has 0 aliphatic carbocycles. The molecule has 0 fully saturated rings. The Labute approximate surface area is 93.7 Å². The highest BCUT2D eigenvalue weighted by atomic mass is 16.5. The van der Waals surface area contributed by atoms with Crippen molar-refractivity contribution in [2.24, 2.45) is 0 Å². The molecule has 3 N–H and O–H groups in total. The smallest absolute Gasteiger partial charge is 0.230 e. The summed E-state index contributed by atoms with van der Waals surface area (Å²) in [5, 5.41) is 13.8. The van der Waals surface area contributed by atoms with Crippen LogP contribution >= 0.6 is 0 Å². The van der Waals surface area contributed by atoms with Gasteiger partial charge in [0.25, 0.3) is 0 Å². The van der Waals surface area contributed by atoms with E-state index in [1.807, 2.05) is 26.8 Å². The number of aryl methyl sites for hydroxylation is 2. The number of hydrogen-bond donors (Lipinski definition) is 2. The molecule has 4 nitrogen and oxygen atoms in total. The van der Waals surface area contributed by atoms with Gasteiger partial charge in [-0.15, -0.1) is 0 Å². The van der Waals surface area contributed by atoms with Crippen molar-refractivity contribution in [1.82, 2.24) is 5.16 Å². The van der Waals surface area contributed by atoms with Crippen LogP contribution in [0.1, 0.15) is 16.7 Å². The molecular formula is C12H14N2O2. The fourth-order valence-corrected chi connectivity index (χ4v) is 1.84. The van der Waals surface area contributed by atoms with Crippen LogP contribution in [0.25, 0.3) is 11.1 Å². The number of nitrogens with two attached hydrogens (primary N) is 1. The van der Waals surface area contributed by atoms with E-state index in [2.05, 4.69) is 5.16 Å². The quantitative estimate of drug-likeness (QED) is 0.771. The first kappa shape index (κ1) is 10.5. The van der Waals surface area contributed by atoms with Gasteiger partial charge in [-0.05, 0) is 37.5 Å². The molecule has 0 aliphatic heterocycles. The van der Waals surface area contributed by atoms with E-state index in [1.165, 1.54) is 6.20 Å². The van der Waals surface area contributed by atoms with E-state index < -0.39 is 0 Å². The molecule has 0 unspecified atom stereocenters. The monoisotopic (exact) mass is 218 g/mol. The predicted octanol–water partition coefficient (Wildman–Crippen LogP) is 2.55. The number of phenolic OH excluding ortho intramolecular Hbond substituents is 1. The van der Waals surface area contributed by atoms with Gasteiger partial charge in [-0.3, -0.25) is 0 Å². The molecule has 0 amide bonds. The standard InChI is InChI=1S/C12H14N2O2/c1-6-4-7(2)10(11(15)8(6)3)9-5-14-16-12(9)13/h4-5,15H,13H2,1-3H3. The first-order valence-corrected chi connectivity index (χ1v) is 5.02. The third kappa shape index (κ3) is 1.43. The molecule has 0 saturated heterocycles. The Bertz CT molecular complexity index is 544. The Morgan fingerprint density at radius 2 is 1.94 bits per heavy atom. The van der Waals surface area contributed by atoms with Gasteiger partial charge < -0.3 is 15.4 Å². The van der Waals surface area contributed by atoms with Crippen LogP contribution in [0, 0.1) is 20.8 Å². The summed E-state index contributed by atoms with van der Waals surface area (Å²) in [6.45, 7) is 5.76. The normalized spacial score (nSPS) is 10.7. The third-order valence-corrected chi connectivity index (χ3v) is 2.88. The summed E-state index contributed by atoms with van der Waals surface area (Å²) in [4.78, 5) is 0. The van der Waals surface area contributed by atoms with Crippen molar-refractivity contribution in [3.05, 3.63) is 29.0 Å². The van der Waals surface area contributed by atoms with Gasteiger partial charge in [0.05, 0.1) is 11.8 Å². The van der Waals surface area contributed by atoms with Crippen molar-refractivity contribution in [2.45, 2.75) is 20.8 Å². The Hall–Kier alpha value is -1.97. The Balaban J connectivity index is 2.76. The molecule has 0 radical (unpaired) electrons. The van der Waals surface area contributed by atoms with Gasteiger partial charge in [-0.1, -0.05) is 11.2 Å². The highest BCUT2D eigenvalue weighted by molar-refractivity contribution is 5.81. The van der Waals surface area contributed by atoms with Crippen LogP contribution < -0.4 is 5.73 Å². The highest BCUT2D eigenvalue weighted by Gasteiger charge is 2.17. The second-order valence-corrected chi connectivity index (χ2v) is 3.96. The van der Waals surface area contributed by atoms with Crippen LogP contribution in [-0.4, -0.2) is 10.3 Å². The van der Waals surface area contributed by atoms with Gasteiger partial charge in [0.15, 0.2) is 0 Å². The van der Waals surface area contributed by atoms with Crippen LogP contribution in [0.2, 0.25) is 0 Å². The highest BCUT2D eigenvalue weighted by Crippen LogP contribution is 2.39. The summed E-state index contributed by atoms with van der Waals surface area (Å²) in [7, 11) is 0. The Morgan fingerprint density at radius 1 is 1.25 bits per heavy atom. The summed E-state index contributed by atoms with van der Waals surface area (Å²) >= 11 is 0. The lowest BCUT2D eigenvalue weighted by molar-refractivity contribution is 0.436. The summed E-state index contributed by atoms with van der Waals surface area (Å²) in [6, 6.07) is 2.01. The lowest BCUT2D eigenvalue weighted by Gasteiger charge is -2.12. The van der Waals surface area contributed by atoms with E-state index >= 15 is 0 Å². The van der Waals surface area contributed by atoms with E-state index in [-0.39, 0.29) is 11.6 Å². The molecular weight excluding hydrogens is 204 g/mol. The van der Waals surface area contributed by atoms with Gasteiger partial charge in [0.2, 0.25) is 5.88 Å². The zero-order chi connectivity index (χ0) is 11.9. The van der Waals surface area contributed by atoms with E-state index in [0.717, 1.165) is 16.7 Å². The van der Waals surface area contributed by atoms with E-state index in [4.69, 9.17) is 10.3 Å². The molecule has 1 aromatic heterocycles. The maximum atomic E-state index is 10.1. The van der Waals surface area contributed by atoms with Gasteiger partial charge in [0, 0.05) is 5.56 Å². The zero-order valence-electron chi connectivity index (χ0n) is 9.53. The lowest BCUT2D eigenvalue weighted by atomic mass is 9.95. The van der Waals surface area contributed by atoms with E-state index in [0.29, 0.717) is 11.1 Å². The maximum absolute atomic E-state index is 10.1. The zero-order valence-corrected chi connectivity index (χ0v) is 9.53. The van der Waals surface area contributed by atoms with Gasteiger partial charge in [-0.2, -0.15) is 0 Å². The van der Waals surface area contributed by atoms with Crippen molar-refractivity contribution in [2.75, 3.05) is 5.73 Å². The number of hydrogen-bond acceptors (Lipinski definition) is 4. The molecule has 84 valence electrons. The van der Waals surface area contributed by atoms with Crippen molar-refractivity contribution >= 4 is 5.88 Å². The number of nitrogen functional groups attached to an aromatic ring is 1. The third-order valence-electron chi connectivity index (χ3n) is 2.88. The average Bonchev–Trinajstić information content (AvgIpc) is 2.62. The number of aromatic hydroxyl groups is 1. The molecule has 0 spiro atoms. The number of phenols is 1. The van der Waals surface area contributed by atoms with Crippen molar-refractivity contribution in [3.8, 4) is 16.9 Å². The summed E-state index contributed by atoms with van der Waals surface area (Å²) < 4.78 is 4.82. The Morgan fingerprint density at radius 3 is 2.50 bits per heavy atom. The summed E-state index contributed by atoms with van der Waals surface area (Å²) in [5.74, 6) is 0.467. The number of nitrogens with zero attached hydrogens (tertiary/aromatic N) is 1. The summed E-state index contributed by atoms with van der Waals surface area (Å²) in [6.07, 6.45) is 1.52. The fraction of sp³-hybridized carbons (Fsp3) is 0.250. The minimum atomic E-state index is 0.224. The number of anilines is 1. The molecule has 2 aromatic rings. The van der Waals surface area contributed by atoms with Crippen molar-refractivity contribution in [3.63, 3.8) is 0 Å². The molecule has 0 atom stereocenters. The molecule has 0 saturated carbocycles. The second kappa shape index (κ2) is 3.56. The second-order valence-electron chi connectivity index (χ2n) is 3.96. The van der Waals surface area contributed by atoms with Crippen LogP contribution in [-0.2, 0) is 0 Å². The van der Waals surface area contributed by atoms with Crippen LogP contribution in [0.5, 0.6) is 5.75 Å². The molecule has 0 bridgehead atoms. The molecule has 16 heavy (non-hydrogen) atoms. The minimum Gasteiger partial charge on any atom is -0.507 e. The predicted molar refractivity (Wildman–Crippen MR) is 62.2 cm³/mol. The molecule has 4 heteroatoms. The minimum absolute atomic E-state index is 0.224. The molecule has 1 aromatic carbocycles. The Kier molecular flexibility index (Phi) is 2.34. The van der Waals surface area contributed by atoms with Gasteiger partial charge in [0.1, 0.15) is 5.75 Å². The van der Waals surface area contributed by atoms with Crippen LogP contribution in [0.15, 0.2) is 16.8 Å². The van der Waals surface area contributed by atoms with E-state index in [1.54, 1.807) is 0 Å². The average molecular weight is 218 g/mol. The fourth-order valence-electron chi connectivity index (χ4n) is 1.84. The maximum Gasteiger partial charge on any atom is 0.230 e. The van der Waals surface area contributed by atoms with Crippen molar-refractivity contribution in [1.29, 1.82) is 0 Å². The van der Waals surface area contributed by atoms with Crippen LogP contribution in [0.4, 0.5) is 5.88 Å². The first-order chi connectivity index (χ1) is 7.52. The van der Waals surface area contributed by atoms with Crippen molar-refractivity contribution < 1.29 is 9.63 Å². The number of rotatable bonds is 1. The first-order valence-electron chi connectivity index (χ1n) is 5.02. The topological polar surface area (TPSA) is 72.3 Å². The van der Waals surface area contributed by atoms with E-state index in [9.17, 15) is 5.11 Å². The van der Waals surface area contributed by atoms with Gasteiger partial charge >= 0.3 is 0 Å². The van der Waals surface area contributed by atoms with Crippen LogP contribution in [0.3, 0.4) is 0 Å². The molecule has 0 aliphatic rings. The molecule has 1 heterocycles. The van der Waals surface area contributed by atoms with Gasteiger partial charge in [-0.25, -0.2) is 0 Å².